The number of rotatable bonds is 19. The molecule has 0 aliphatic carbocycles. The molecule has 172 valence electrons. The van der Waals surface area contributed by atoms with Gasteiger partial charge in [0, 0.05) is 13.0 Å². The molecule has 29 heavy (non-hydrogen) atoms. The van der Waals surface area contributed by atoms with Gasteiger partial charge in [0.1, 0.15) is 6.61 Å². The van der Waals surface area contributed by atoms with Gasteiger partial charge in [-0.1, -0.05) is 103 Å². The zero-order valence-electron chi connectivity index (χ0n) is 19.0. The van der Waals surface area contributed by atoms with Gasteiger partial charge in [-0.15, -0.1) is 0 Å². The fourth-order valence-electron chi connectivity index (χ4n) is 3.98. The lowest BCUT2D eigenvalue weighted by atomic mass is 10.0. The first-order valence-corrected chi connectivity index (χ1v) is 12.4. The van der Waals surface area contributed by atoms with Gasteiger partial charge in [-0.25, -0.2) is 4.79 Å². The van der Waals surface area contributed by atoms with Gasteiger partial charge < -0.3 is 19.9 Å². The van der Waals surface area contributed by atoms with Crippen molar-refractivity contribution in [1.29, 1.82) is 0 Å². The van der Waals surface area contributed by atoms with Crippen molar-refractivity contribution in [3.05, 3.63) is 0 Å². The number of hydrogen-bond acceptors (Lipinski definition) is 4. The van der Waals surface area contributed by atoms with E-state index in [1.165, 1.54) is 89.9 Å². The lowest BCUT2D eigenvalue weighted by Gasteiger charge is -2.25. The standard InChI is InChI=1S/C24H47NO4/c1-2-3-4-5-6-7-8-9-10-11-12-13-14-15-16-17-20-25-23(27)29-24(22-26)19-18-21-28-24/h26H,2-22H2,1H3,(H,25,27). The molecule has 5 nitrogen and oxygen atoms in total. The normalized spacial score (nSPS) is 18.8. The van der Waals surface area contributed by atoms with Crippen LogP contribution in [0.2, 0.25) is 0 Å². The Labute approximate surface area is 179 Å². The largest absolute Gasteiger partial charge is 0.414 e. The molecule has 1 aliphatic rings. The minimum absolute atomic E-state index is 0.278. The summed E-state index contributed by atoms with van der Waals surface area (Å²) in [5.74, 6) is -1.11. The molecule has 1 amide bonds. The van der Waals surface area contributed by atoms with Gasteiger partial charge in [0.15, 0.2) is 0 Å². The van der Waals surface area contributed by atoms with Crippen molar-refractivity contribution in [2.45, 2.75) is 128 Å². The molecule has 1 atom stereocenters. The van der Waals surface area contributed by atoms with Crippen LogP contribution in [0.5, 0.6) is 0 Å². The second-order valence-electron chi connectivity index (χ2n) is 8.64. The van der Waals surface area contributed by atoms with Crippen molar-refractivity contribution in [3.63, 3.8) is 0 Å². The monoisotopic (exact) mass is 413 g/mol. The van der Waals surface area contributed by atoms with Crippen molar-refractivity contribution < 1.29 is 19.4 Å². The molecular weight excluding hydrogens is 366 g/mol. The van der Waals surface area contributed by atoms with E-state index in [1.807, 2.05) is 0 Å². The molecule has 2 N–H and O–H groups in total. The van der Waals surface area contributed by atoms with Crippen LogP contribution in [0.15, 0.2) is 0 Å². The van der Waals surface area contributed by atoms with E-state index in [9.17, 15) is 9.90 Å². The van der Waals surface area contributed by atoms with Crippen LogP contribution in [-0.2, 0) is 9.47 Å². The minimum Gasteiger partial charge on any atom is -0.414 e. The van der Waals surface area contributed by atoms with Crippen LogP contribution in [0, 0.1) is 0 Å². The second kappa shape index (κ2) is 18.0. The zero-order valence-corrected chi connectivity index (χ0v) is 19.0. The van der Waals surface area contributed by atoms with E-state index in [1.54, 1.807) is 0 Å². The maximum absolute atomic E-state index is 11.8. The molecule has 1 fully saturated rings. The van der Waals surface area contributed by atoms with Crippen LogP contribution in [0.25, 0.3) is 0 Å². The Bertz CT molecular complexity index is 383. The predicted molar refractivity (Wildman–Crippen MR) is 119 cm³/mol. The number of aliphatic hydroxyl groups is 1. The Kier molecular flexibility index (Phi) is 16.3. The molecule has 1 heterocycles. The molecule has 0 aromatic carbocycles. The molecule has 0 saturated carbocycles. The summed E-state index contributed by atoms with van der Waals surface area (Å²) in [5.41, 5.74) is 0. The number of carbonyl (C=O) groups excluding carboxylic acids is 1. The Hall–Kier alpha value is -0.810. The Morgan fingerprint density at radius 1 is 0.862 bits per heavy atom. The highest BCUT2D eigenvalue weighted by Gasteiger charge is 2.38. The summed E-state index contributed by atoms with van der Waals surface area (Å²) in [5, 5.41) is 12.1. The van der Waals surface area contributed by atoms with Crippen molar-refractivity contribution in [3.8, 4) is 0 Å². The Balaban J connectivity index is 1.77. The number of ether oxygens (including phenoxy) is 2. The molecule has 5 heteroatoms. The molecule has 0 aromatic rings. The van der Waals surface area contributed by atoms with Gasteiger partial charge >= 0.3 is 6.09 Å². The van der Waals surface area contributed by atoms with E-state index >= 15 is 0 Å². The third-order valence-electron chi connectivity index (χ3n) is 5.89. The highest BCUT2D eigenvalue weighted by molar-refractivity contribution is 5.67. The van der Waals surface area contributed by atoms with Gasteiger partial charge in [-0.2, -0.15) is 0 Å². The summed E-state index contributed by atoms with van der Waals surface area (Å²) in [6, 6.07) is 0. The van der Waals surface area contributed by atoms with Gasteiger partial charge in [0.05, 0.1) is 6.61 Å². The molecule has 1 aliphatic heterocycles. The summed E-state index contributed by atoms with van der Waals surface area (Å²) < 4.78 is 10.6. The van der Waals surface area contributed by atoms with E-state index in [2.05, 4.69) is 12.2 Å². The van der Waals surface area contributed by atoms with Gasteiger partial charge in [-0.05, 0) is 12.8 Å². The molecule has 0 aromatic heterocycles. The highest BCUT2D eigenvalue weighted by Crippen LogP contribution is 2.26. The van der Waals surface area contributed by atoms with Crippen LogP contribution < -0.4 is 5.32 Å². The van der Waals surface area contributed by atoms with E-state index in [0.29, 0.717) is 19.6 Å². The van der Waals surface area contributed by atoms with Crippen LogP contribution in [-0.4, -0.2) is 36.7 Å². The van der Waals surface area contributed by atoms with E-state index in [0.717, 1.165) is 19.3 Å². The first kappa shape index (κ1) is 26.2. The minimum atomic E-state index is -1.11. The molecule has 0 radical (unpaired) electrons. The maximum atomic E-state index is 11.8. The molecule has 0 spiro atoms. The topological polar surface area (TPSA) is 67.8 Å². The summed E-state index contributed by atoms with van der Waals surface area (Å²) in [6.45, 7) is 3.16. The zero-order chi connectivity index (χ0) is 21.0. The second-order valence-corrected chi connectivity index (χ2v) is 8.64. The average molecular weight is 414 g/mol. The van der Waals surface area contributed by atoms with Crippen LogP contribution in [0.3, 0.4) is 0 Å². The fourth-order valence-corrected chi connectivity index (χ4v) is 3.98. The smallest absolute Gasteiger partial charge is 0.409 e. The summed E-state index contributed by atoms with van der Waals surface area (Å²) >= 11 is 0. The number of unbranched alkanes of at least 4 members (excludes halogenated alkanes) is 15. The van der Waals surface area contributed by atoms with E-state index in [-0.39, 0.29) is 6.61 Å². The number of aliphatic hydroxyl groups excluding tert-OH is 1. The molecule has 1 saturated heterocycles. The quantitative estimate of drug-likeness (QED) is 0.238. The van der Waals surface area contributed by atoms with E-state index < -0.39 is 11.9 Å². The maximum Gasteiger partial charge on any atom is 0.409 e. The number of amides is 1. The first-order valence-electron chi connectivity index (χ1n) is 12.4. The summed E-state index contributed by atoms with van der Waals surface area (Å²) in [4.78, 5) is 11.8. The Morgan fingerprint density at radius 3 is 1.76 bits per heavy atom. The van der Waals surface area contributed by atoms with Crippen molar-refractivity contribution in [2.24, 2.45) is 0 Å². The number of alkyl carbamates (subject to hydrolysis) is 1. The fraction of sp³-hybridized carbons (Fsp3) is 0.958. The van der Waals surface area contributed by atoms with Crippen molar-refractivity contribution >= 4 is 6.09 Å². The third-order valence-corrected chi connectivity index (χ3v) is 5.89. The predicted octanol–water partition coefficient (Wildman–Crippen LogP) is 6.47. The van der Waals surface area contributed by atoms with Gasteiger partial charge in [0.25, 0.3) is 0 Å². The van der Waals surface area contributed by atoms with Crippen LogP contribution in [0.1, 0.15) is 122 Å². The number of nitrogens with one attached hydrogen (secondary N) is 1. The van der Waals surface area contributed by atoms with E-state index in [4.69, 9.17) is 9.47 Å². The summed E-state index contributed by atoms with van der Waals surface area (Å²) in [6.07, 6.45) is 22.3. The number of carbonyl (C=O) groups is 1. The highest BCUT2D eigenvalue weighted by atomic mass is 16.7. The van der Waals surface area contributed by atoms with Crippen LogP contribution in [0.4, 0.5) is 4.79 Å². The van der Waals surface area contributed by atoms with Crippen LogP contribution >= 0.6 is 0 Å². The van der Waals surface area contributed by atoms with Gasteiger partial charge in [-0.3, -0.25) is 0 Å². The van der Waals surface area contributed by atoms with Crippen molar-refractivity contribution in [1.82, 2.24) is 5.32 Å². The molecule has 1 rings (SSSR count). The number of hydrogen-bond donors (Lipinski definition) is 2. The molecule has 0 bridgehead atoms. The SMILES string of the molecule is CCCCCCCCCCCCCCCCCCNC(=O)OC1(CO)CCCO1. The van der Waals surface area contributed by atoms with Gasteiger partial charge in [0.2, 0.25) is 5.79 Å². The lowest BCUT2D eigenvalue weighted by Crippen LogP contribution is -2.41. The molecule has 1 unspecified atom stereocenters. The Morgan fingerprint density at radius 2 is 1.34 bits per heavy atom. The lowest BCUT2D eigenvalue weighted by molar-refractivity contribution is -0.193. The average Bonchev–Trinajstić information content (AvgIpc) is 3.19. The molecular formula is C24H47NO4. The van der Waals surface area contributed by atoms with Crippen molar-refractivity contribution in [2.75, 3.05) is 19.8 Å². The third kappa shape index (κ3) is 13.9. The summed E-state index contributed by atoms with van der Waals surface area (Å²) in [7, 11) is 0. The first-order chi connectivity index (χ1) is 14.2.